The number of hydrogen-bond donors (Lipinski definition) is 1. The fourth-order valence-electron chi connectivity index (χ4n) is 2.58. The van der Waals surface area contributed by atoms with Crippen LogP contribution in [0.15, 0.2) is 16.8 Å². The second-order valence-electron chi connectivity index (χ2n) is 5.13. The Morgan fingerprint density at radius 1 is 1.42 bits per heavy atom. The molecule has 0 aromatic carbocycles. The predicted molar refractivity (Wildman–Crippen MR) is 74.2 cm³/mol. The molecule has 1 aliphatic rings. The van der Waals surface area contributed by atoms with Crippen LogP contribution in [0.2, 0.25) is 0 Å². The minimum absolute atomic E-state index is 0.105. The molecule has 0 spiro atoms. The number of carboxylic acid groups (broad SMARTS) is 1. The molecule has 1 saturated heterocycles. The van der Waals surface area contributed by atoms with Crippen LogP contribution in [0.4, 0.5) is 0 Å². The third kappa shape index (κ3) is 2.97. The number of likely N-dealkylation sites (tertiary alicyclic amines) is 1. The summed E-state index contributed by atoms with van der Waals surface area (Å²) in [4.78, 5) is 25.3. The van der Waals surface area contributed by atoms with Crippen molar-refractivity contribution in [3.63, 3.8) is 0 Å². The topological polar surface area (TPSA) is 57.6 Å². The number of nitrogens with zero attached hydrogens (tertiary/aromatic N) is 1. The Balaban J connectivity index is 1.92. The Kier molecular flexibility index (Phi) is 4.24. The first kappa shape index (κ1) is 14.1. The van der Waals surface area contributed by atoms with Crippen molar-refractivity contribution in [1.29, 1.82) is 0 Å². The van der Waals surface area contributed by atoms with E-state index in [2.05, 4.69) is 0 Å². The molecule has 0 saturated carbocycles. The number of carbonyl (C=O) groups is 2. The van der Waals surface area contributed by atoms with Crippen LogP contribution in [0.1, 0.15) is 31.7 Å². The van der Waals surface area contributed by atoms with Crippen LogP contribution >= 0.6 is 11.3 Å². The fraction of sp³-hybridized carbons (Fsp3) is 0.571. The number of thiophene rings is 1. The van der Waals surface area contributed by atoms with E-state index < -0.39 is 11.4 Å². The van der Waals surface area contributed by atoms with Crippen LogP contribution in [-0.4, -0.2) is 35.0 Å². The second-order valence-corrected chi connectivity index (χ2v) is 5.91. The van der Waals surface area contributed by atoms with E-state index in [0.29, 0.717) is 38.8 Å². The SMILES string of the molecule is CCC1(C(=O)O)CCN(C(=O)Cc2ccsc2)CC1. The van der Waals surface area contributed by atoms with Gasteiger partial charge in [0.05, 0.1) is 11.8 Å². The first-order valence-electron chi connectivity index (χ1n) is 6.59. The normalized spacial score (nSPS) is 18.3. The molecule has 0 atom stereocenters. The minimum atomic E-state index is -0.722. The molecule has 1 aromatic rings. The van der Waals surface area contributed by atoms with Gasteiger partial charge in [-0.3, -0.25) is 9.59 Å². The lowest BCUT2D eigenvalue weighted by atomic mass is 9.76. The molecule has 0 unspecified atom stereocenters. The highest BCUT2D eigenvalue weighted by molar-refractivity contribution is 7.07. The Hall–Kier alpha value is -1.36. The van der Waals surface area contributed by atoms with Crippen LogP contribution in [0.5, 0.6) is 0 Å². The molecule has 2 heterocycles. The van der Waals surface area contributed by atoms with E-state index in [1.807, 2.05) is 23.8 Å². The summed E-state index contributed by atoms with van der Waals surface area (Å²) in [6.45, 7) is 3.03. The fourth-order valence-corrected chi connectivity index (χ4v) is 3.25. The zero-order valence-electron chi connectivity index (χ0n) is 11.1. The standard InChI is InChI=1S/C14H19NO3S/c1-2-14(13(17)18)4-6-15(7-5-14)12(16)9-11-3-8-19-10-11/h3,8,10H,2,4-7,9H2,1H3,(H,17,18). The molecule has 104 valence electrons. The highest BCUT2D eigenvalue weighted by atomic mass is 32.1. The summed E-state index contributed by atoms with van der Waals surface area (Å²) in [6.07, 6.45) is 2.19. The monoisotopic (exact) mass is 281 g/mol. The van der Waals surface area contributed by atoms with Gasteiger partial charge in [0.15, 0.2) is 0 Å². The Bertz CT molecular complexity index is 447. The molecule has 1 fully saturated rings. The molecule has 4 nitrogen and oxygen atoms in total. The van der Waals surface area contributed by atoms with Gasteiger partial charge in [-0.1, -0.05) is 6.92 Å². The smallest absolute Gasteiger partial charge is 0.309 e. The molecule has 0 bridgehead atoms. The first-order chi connectivity index (χ1) is 9.07. The maximum Gasteiger partial charge on any atom is 0.309 e. The summed E-state index contributed by atoms with van der Waals surface area (Å²) < 4.78 is 0. The van der Waals surface area contributed by atoms with Crippen molar-refractivity contribution < 1.29 is 14.7 Å². The second kappa shape index (κ2) is 5.74. The maximum absolute atomic E-state index is 12.1. The molecule has 0 radical (unpaired) electrons. The van der Waals surface area contributed by atoms with Gasteiger partial charge < -0.3 is 10.0 Å². The third-order valence-electron chi connectivity index (χ3n) is 4.14. The zero-order chi connectivity index (χ0) is 13.9. The molecule has 5 heteroatoms. The van der Waals surface area contributed by atoms with E-state index in [4.69, 9.17) is 0 Å². The van der Waals surface area contributed by atoms with Crippen molar-refractivity contribution in [2.75, 3.05) is 13.1 Å². The lowest BCUT2D eigenvalue weighted by molar-refractivity contribution is -0.154. The molecule has 0 aliphatic carbocycles. The Morgan fingerprint density at radius 3 is 2.58 bits per heavy atom. The van der Waals surface area contributed by atoms with Gasteiger partial charge in [0.1, 0.15) is 0 Å². The molecule has 2 rings (SSSR count). The summed E-state index contributed by atoms with van der Waals surface area (Å²) in [5, 5.41) is 13.3. The quantitative estimate of drug-likeness (QED) is 0.922. The average molecular weight is 281 g/mol. The van der Waals surface area contributed by atoms with E-state index in [9.17, 15) is 14.7 Å². The average Bonchev–Trinajstić information content (AvgIpc) is 2.91. The van der Waals surface area contributed by atoms with Gasteiger partial charge in [-0.25, -0.2) is 0 Å². The molecular weight excluding hydrogens is 262 g/mol. The Morgan fingerprint density at radius 2 is 2.11 bits per heavy atom. The Labute approximate surface area is 117 Å². The third-order valence-corrected chi connectivity index (χ3v) is 4.87. The molecule has 1 amide bonds. The molecule has 1 aromatic heterocycles. The van der Waals surface area contributed by atoms with Gasteiger partial charge in [-0.2, -0.15) is 11.3 Å². The van der Waals surface area contributed by atoms with Gasteiger partial charge in [0.25, 0.3) is 0 Å². The van der Waals surface area contributed by atoms with Gasteiger partial charge in [-0.05, 0) is 41.7 Å². The van der Waals surface area contributed by atoms with Crippen LogP contribution < -0.4 is 0 Å². The van der Waals surface area contributed by atoms with Gasteiger partial charge in [-0.15, -0.1) is 0 Å². The number of carbonyl (C=O) groups excluding carboxylic acids is 1. The lowest BCUT2D eigenvalue weighted by Crippen LogP contribution is -2.46. The van der Waals surface area contributed by atoms with E-state index in [1.54, 1.807) is 16.2 Å². The van der Waals surface area contributed by atoms with Crippen molar-refractivity contribution in [2.45, 2.75) is 32.6 Å². The highest BCUT2D eigenvalue weighted by Gasteiger charge is 2.40. The molecular formula is C14H19NO3S. The number of amides is 1. The predicted octanol–water partition coefficient (Wildman–Crippen LogP) is 2.39. The summed E-state index contributed by atoms with van der Waals surface area (Å²) in [6, 6.07) is 1.96. The first-order valence-corrected chi connectivity index (χ1v) is 7.54. The van der Waals surface area contributed by atoms with Crippen LogP contribution in [0.25, 0.3) is 0 Å². The number of carboxylic acids is 1. The van der Waals surface area contributed by atoms with E-state index in [0.717, 1.165) is 5.56 Å². The lowest BCUT2D eigenvalue weighted by Gasteiger charge is -2.38. The van der Waals surface area contributed by atoms with Gasteiger partial charge in [0, 0.05) is 13.1 Å². The minimum Gasteiger partial charge on any atom is -0.481 e. The molecule has 1 N–H and O–H groups in total. The summed E-state index contributed by atoms with van der Waals surface area (Å²) in [7, 11) is 0. The van der Waals surface area contributed by atoms with Crippen LogP contribution in [0.3, 0.4) is 0 Å². The zero-order valence-corrected chi connectivity index (χ0v) is 11.9. The molecule has 1 aliphatic heterocycles. The van der Waals surface area contributed by atoms with Crippen molar-refractivity contribution in [3.8, 4) is 0 Å². The van der Waals surface area contributed by atoms with Crippen molar-refractivity contribution in [1.82, 2.24) is 4.90 Å². The van der Waals surface area contributed by atoms with E-state index >= 15 is 0 Å². The largest absolute Gasteiger partial charge is 0.481 e. The van der Waals surface area contributed by atoms with E-state index in [1.165, 1.54) is 0 Å². The highest BCUT2D eigenvalue weighted by Crippen LogP contribution is 2.35. The van der Waals surface area contributed by atoms with Crippen molar-refractivity contribution in [3.05, 3.63) is 22.4 Å². The number of aliphatic carboxylic acids is 1. The number of piperidine rings is 1. The van der Waals surface area contributed by atoms with Crippen LogP contribution in [0, 0.1) is 5.41 Å². The molecule has 19 heavy (non-hydrogen) atoms. The van der Waals surface area contributed by atoms with Crippen molar-refractivity contribution in [2.24, 2.45) is 5.41 Å². The van der Waals surface area contributed by atoms with E-state index in [-0.39, 0.29) is 5.91 Å². The van der Waals surface area contributed by atoms with Gasteiger partial charge >= 0.3 is 5.97 Å². The summed E-state index contributed by atoms with van der Waals surface area (Å²) in [5.74, 6) is -0.617. The summed E-state index contributed by atoms with van der Waals surface area (Å²) in [5.41, 5.74) is 0.416. The maximum atomic E-state index is 12.1. The van der Waals surface area contributed by atoms with Crippen molar-refractivity contribution >= 4 is 23.2 Å². The summed E-state index contributed by atoms with van der Waals surface area (Å²) >= 11 is 1.59. The van der Waals surface area contributed by atoms with Gasteiger partial charge in [0.2, 0.25) is 5.91 Å². The van der Waals surface area contributed by atoms with Crippen LogP contribution in [-0.2, 0) is 16.0 Å². The number of rotatable bonds is 4. The number of hydrogen-bond acceptors (Lipinski definition) is 3.